The Balaban J connectivity index is 2.38. The van der Waals surface area contributed by atoms with E-state index < -0.39 is 0 Å². The van der Waals surface area contributed by atoms with Gasteiger partial charge in [-0.05, 0) is 43.2 Å². The van der Waals surface area contributed by atoms with Crippen LogP contribution in [0.15, 0.2) is 23.8 Å². The maximum atomic E-state index is 2.31. The normalized spacial score (nSPS) is 16.8. The quantitative estimate of drug-likeness (QED) is 0.588. The van der Waals surface area contributed by atoms with Gasteiger partial charge in [0.25, 0.3) is 0 Å². The minimum absolute atomic E-state index is 0.662. The van der Waals surface area contributed by atoms with Crippen molar-refractivity contribution < 1.29 is 0 Å². The van der Waals surface area contributed by atoms with Crippen molar-refractivity contribution in [1.82, 2.24) is 0 Å². The fourth-order valence-corrected chi connectivity index (χ4v) is 3.02. The van der Waals surface area contributed by atoms with E-state index in [9.17, 15) is 0 Å². The van der Waals surface area contributed by atoms with E-state index in [1.54, 1.807) is 5.57 Å². The fraction of sp³-hybridized carbons (Fsp3) is 0.636. The molecule has 0 aromatic carbocycles. The highest BCUT2D eigenvalue weighted by Crippen LogP contribution is 2.15. The summed E-state index contributed by atoms with van der Waals surface area (Å²) in [7, 11) is 0.662. The lowest BCUT2D eigenvalue weighted by atomic mass is 10.1. The molecular formula is C11H19S+. The molecule has 0 saturated carbocycles. The lowest BCUT2D eigenvalue weighted by molar-refractivity contribution is 0.964. The van der Waals surface area contributed by atoms with Crippen LogP contribution in [-0.4, -0.2) is 17.3 Å². The molecule has 68 valence electrons. The average molecular weight is 183 g/mol. The lowest BCUT2D eigenvalue weighted by Gasteiger charge is -2.09. The van der Waals surface area contributed by atoms with E-state index in [4.69, 9.17) is 0 Å². The Labute approximate surface area is 79.1 Å². The van der Waals surface area contributed by atoms with Gasteiger partial charge < -0.3 is 0 Å². The van der Waals surface area contributed by atoms with E-state index in [-0.39, 0.29) is 0 Å². The van der Waals surface area contributed by atoms with Crippen LogP contribution in [0, 0.1) is 0 Å². The van der Waals surface area contributed by atoms with Crippen LogP contribution in [0.4, 0.5) is 0 Å². The van der Waals surface area contributed by atoms with Gasteiger partial charge in [-0.25, -0.2) is 0 Å². The summed E-state index contributed by atoms with van der Waals surface area (Å²) in [6.07, 6.45) is 9.36. The Morgan fingerprint density at radius 1 is 1.33 bits per heavy atom. The van der Waals surface area contributed by atoms with Gasteiger partial charge in [-0.15, -0.1) is 0 Å². The van der Waals surface area contributed by atoms with Crippen molar-refractivity contribution in [2.24, 2.45) is 0 Å². The van der Waals surface area contributed by atoms with Gasteiger partial charge in [-0.2, -0.15) is 0 Å². The molecule has 1 rings (SSSR count). The SMILES string of the molecule is CC[S+](CC)CC1=CC=CCC1. The number of hydrogen-bond donors (Lipinski definition) is 0. The topological polar surface area (TPSA) is 0 Å². The highest BCUT2D eigenvalue weighted by atomic mass is 32.2. The first-order chi connectivity index (χ1) is 5.86. The lowest BCUT2D eigenvalue weighted by Crippen LogP contribution is -2.14. The maximum Gasteiger partial charge on any atom is 0.129 e. The molecule has 0 aromatic heterocycles. The Kier molecular flexibility index (Phi) is 4.52. The first-order valence-electron chi connectivity index (χ1n) is 4.85. The largest absolute Gasteiger partial charge is 0.129 e. The minimum atomic E-state index is 0.662. The average Bonchev–Trinajstić information content (AvgIpc) is 2.16. The smallest absolute Gasteiger partial charge is 0.0842 e. The van der Waals surface area contributed by atoms with Gasteiger partial charge in [0, 0.05) is 0 Å². The molecule has 0 fully saturated rings. The summed E-state index contributed by atoms with van der Waals surface area (Å²) in [5.74, 6) is 4.08. The van der Waals surface area contributed by atoms with E-state index >= 15 is 0 Å². The predicted octanol–water partition coefficient (Wildman–Crippen LogP) is 2.92. The molecule has 0 radical (unpaired) electrons. The zero-order valence-corrected chi connectivity index (χ0v) is 8.99. The van der Waals surface area contributed by atoms with Crippen molar-refractivity contribution in [2.75, 3.05) is 17.3 Å². The Hall–Kier alpha value is -0.170. The fourth-order valence-electron chi connectivity index (χ4n) is 1.44. The molecule has 0 unspecified atom stereocenters. The van der Waals surface area contributed by atoms with Gasteiger partial charge in [-0.3, -0.25) is 0 Å². The highest BCUT2D eigenvalue weighted by Gasteiger charge is 2.14. The van der Waals surface area contributed by atoms with Gasteiger partial charge in [-0.1, -0.05) is 18.2 Å². The molecule has 0 atom stereocenters. The van der Waals surface area contributed by atoms with Gasteiger partial charge in [0.1, 0.15) is 17.3 Å². The molecule has 1 heteroatoms. The number of rotatable bonds is 4. The summed E-state index contributed by atoms with van der Waals surface area (Å²) in [5, 5.41) is 0. The molecule has 0 saturated heterocycles. The van der Waals surface area contributed by atoms with Gasteiger partial charge in [0.15, 0.2) is 0 Å². The van der Waals surface area contributed by atoms with E-state index in [1.807, 2.05) is 0 Å². The van der Waals surface area contributed by atoms with Gasteiger partial charge in [0.2, 0.25) is 0 Å². The second-order valence-electron chi connectivity index (χ2n) is 3.13. The van der Waals surface area contributed by atoms with Crippen LogP contribution in [0.2, 0.25) is 0 Å². The second-order valence-corrected chi connectivity index (χ2v) is 5.79. The highest BCUT2D eigenvalue weighted by molar-refractivity contribution is 7.96. The summed E-state index contributed by atoms with van der Waals surface area (Å²) in [6, 6.07) is 0. The third-order valence-electron chi connectivity index (χ3n) is 2.31. The molecule has 0 amide bonds. The molecule has 0 aromatic rings. The number of allylic oxidation sites excluding steroid dienone is 3. The summed E-state index contributed by atoms with van der Waals surface area (Å²) < 4.78 is 0. The summed E-state index contributed by atoms with van der Waals surface area (Å²) >= 11 is 0. The molecular weight excluding hydrogens is 164 g/mol. The summed E-state index contributed by atoms with van der Waals surface area (Å²) in [6.45, 7) is 4.62. The zero-order valence-electron chi connectivity index (χ0n) is 8.18. The predicted molar refractivity (Wildman–Crippen MR) is 59.8 cm³/mol. The molecule has 0 nitrogen and oxygen atoms in total. The molecule has 12 heavy (non-hydrogen) atoms. The number of hydrogen-bond acceptors (Lipinski definition) is 0. The first kappa shape index (κ1) is 9.91. The molecule has 1 aliphatic carbocycles. The molecule has 0 aliphatic heterocycles. The monoisotopic (exact) mass is 183 g/mol. The van der Waals surface area contributed by atoms with Crippen LogP contribution < -0.4 is 0 Å². The molecule has 0 bridgehead atoms. The van der Waals surface area contributed by atoms with Crippen molar-refractivity contribution in [3.05, 3.63) is 23.8 Å². The maximum absolute atomic E-state index is 2.31. The van der Waals surface area contributed by atoms with Crippen LogP contribution in [-0.2, 0) is 10.9 Å². The summed E-state index contributed by atoms with van der Waals surface area (Å²) in [5.41, 5.74) is 1.67. The van der Waals surface area contributed by atoms with E-state index in [0.29, 0.717) is 10.9 Å². The zero-order chi connectivity index (χ0) is 8.81. The second kappa shape index (κ2) is 5.47. The Morgan fingerprint density at radius 3 is 2.58 bits per heavy atom. The van der Waals surface area contributed by atoms with Gasteiger partial charge in [0.05, 0.1) is 0 Å². The van der Waals surface area contributed by atoms with Crippen molar-refractivity contribution in [1.29, 1.82) is 0 Å². The van der Waals surface area contributed by atoms with Crippen molar-refractivity contribution in [3.63, 3.8) is 0 Å². The first-order valence-corrected chi connectivity index (χ1v) is 6.58. The van der Waals surface area contributed by atoms with E-state index in [2.05, 4.69) is 32.1 Å². The van der Waals surface area contributed by atoms with Crippen LogP contribution >= 0.6 is 0 Å². The third kappa shape index (κ3) is 3.06. The molecule has 0 heterocycles. The van der Waals surface area contributed by atoms with Crippen molar-refractivity contribution in [2.45, 2.75) is 26.7 Å². The molecule has 1 aliphatic rings. The van der Waals surface area contributed by atoms with E-state index in [0.717, 1.165) is 0 Å². The minimum Gasteiger partial charge on any atom is -0.0842 e. The summed E-state index contributed by atoms with van der Waals surface area (Å²) in [4.78, 5) is 0. The third-order valence-corrected chi connectivity index (χ3v) is 4.72. The van der Waals surface area contributed by atoms with Crippen molar-refractivity contribution in [3.8, 4) is 0 Å². The molecule has 0 spiro atoms. The van der Waals surface area contributed by atoms with Crippen LogP contribution in [0.1, 0.15) is 26.7 Å². The Morgan fingerprint density at radius 2 is 2.08 bits per heavy atom. The molecule has 0 N–H and O–H groups in total. The standard InChI is InChI=1S/C11H19S/c1-3-12(4-2)10-11-8-6-5-7-9-11/h5-6,8H,3-4,7,9-10H2,1-2H3/q+1. The van der Waals surface area contributed by atoms with E-state index in [1.165, 1.54) is 30.1 Å². The van der Waals surface area contributed by atoms with Crippen LogP contribution in [0.25, 0.3) is 0 Å². The van der Waals surface area contributed by atoms with Crippen molar-refractivity contribution >= 4 is 10.9 Å². The van der Waals surface area contributed by atoms with Gasteiger partial charge >= 0.3 is 0 Å². The van der Waals surface area contributed by atoms with Crippen LogP contribution in [0.5, 0.6) is 0 Å². The Bertz CT molecular complexity index is 175. The van der Waals surface area contributed by atoms with Crippen LogP contribution in [0.3, 0.4) is 0 Å².